The van der Waals surface area contributed by atoms with Crippen LogP contribution in [-0.4, -0.2) is 35.4 Å². The van der Waals surface area contributed by atoms with Crippen LogP contribution in [0, 0.1) is 6.92 Å². The van der Waals surface area contributed by atoms with Gasteiger partial charge in [0.25, 0.3) is 0 Å². The van der Waals surface area contributed by atoms with Crippen LogP contribution in [0.3, 0.4) is 0 Å². The summed E-state index contributed by atoms with van der Waals surface area (Å²) in [6.45, 7) is 2.44. The molecule has 3 aromatic rings. The lowest BCUT2D eigenvalue weighted by molar-refractivity contribution is 0.563. The Morgan fingerprint density at radius 3 is 3.00 bits per heavy atom. The third-order valence-corrected chi connectivity index (χ3v) is 2.41. The van der Waals surface area contributed by atoms with Gasteiger partial charge in [0, 0.05) is 11.9 Å². The fourth-order valence-corrected chi connectivity index (χ4v) is 1.61. The van der Waals surface area contributed by atoms with Crippen molar-refractivity contribution in [2.75, 3.05) is 0 Å². The molecule has 0 saturated heterocycles. The first-order chi connectivity index (χ1) is 8.81. The summed E-state index contributed by atoms with van der Waals surface area (Å²) in [5, 5.41) is 19.2. The first kappa shape index (κ1) is 10.6. The van der Waals surface area contributed by atoms with Crippen molar-refractivity contribution < 1.29 is 0 Å². The van der Waals surface area contributed by atoms with Gasteiger partial charge in [-0.15, -0.1) is 10.2 Å². The number of hydrogen-bond donors (Lipinski definition) is 1. The van der Waals surface area contributed by atoms with Gasteiger partial charge < -0.3 is 0 Å². The summed E-state index contributed by atoms with van der Waals surface area (Å²) < 4.78 is 0. The van der Waals surface area contributed by atoms with E-state index in [-0.39, 0.29) is 0 Å². The largest absolute Gasteiger partial charge is 0.283 e. The highest BCUT2D eigenvalue weighted by Crippen LogP contribution is 2.08. The Morgan fingerprint density at radius 2 is 2.28 bits per heavy atom. The second-order valence-corrected chi connectivity index (χ2v) is 3.90. The maximum atomic E-state index is 4.26. The zero-order chi connectivity index (χ0) is 12.4. The molecule has 7 nitrogen and oxygen atoms in total. The van der Waals surface area contributed by atoms with E-state index >= 15 is 0 Å². The molecule has 90 valence electrons. The maximum absolute atomic E-state index is 4.26. The highest BCUT2D eigenvalue weighted by atomic mass is 15.6. The summed E-state index contributed by atoms with van der Waals surface area (Å²) in [6.07, 6.45) is 1.70. The van der Waals surface area contributed by atoms with Crippen LogP contribution in [0.4, 0.5) is 0 Å². The molecule has 0 aliphatic heterocycles. The lowest BCUT2D eigenvalue weighted by atomic mass is 10.3. The monoisotopic (exact) mass is 241 g/mol. The minimum atomic E-state index is 0.490. The standard InChI is InChI=1S/C11H11N7/c1-8-6-9(14-13-8)7-18-16-11(15-17-18)10-4-2-3-5-12-10/h2-6H,7H2,1H3,(H,13,14). The average Bonchev–Trinajstić information content (AvgIpc) is 3.01. The van der Waals surface area contributed by atoms with Crippen LogP contribution in [-0.2, 0) is 6.54 Å². The van der Waals surface area contributed by atoms with Crippen LogP contribution in [0.25, 0.3) is 11.5 Å². The Bertz CT molecular complexity index is 640. The number of aromatic amines is 1. The third-order valence-electron chi connectivity index (χ3n) is 2.41. The van der Waals surface area contributed by atoms with Gasteiger partial charge in [0.1, 0.15) is 12.2 Å². The quantitative estimate of drug-likeness (QED) is 0.733. The van der Waals surface area contributed by atoms with Crippen LogP contribution in [0.1, 0.15) is 11.4 Å². The van der Waals surface area contributed by atoms with E-state index in [0.29, 0.717) is 18.1 Å². The van der Waals surface area contributed by atoms with Crippen LogP contribution in [0.2, 0.25) is 0 Å². The predicted molar refractivity (Wildman–Crippen MR) is 63.5 cm³/mol. The summed E-state index contributed by atoms with van der Waals surface area (Å²) in [4.78, 5) is 5.67. The van der Waals surface area contributed by atoms with Crippen molar-refractivity contribution >= 4 is 0 Å². The lowest BCUT2D eigenvalue weighted by Gasteiger charge is -1.93. The number of pyridine rings is 1. The second-order valence-electron chi connectivity index (χ2n) is 3.90. The van der Waals surface area contributed by atoms with Gasteiger partial charge >= 0.3 is 0 Å². The van der Waals surface area contributed by atoms with E-state index in [4.69, 9.17) is 0 Å². The zero-order valence-corrected chi connectivity index (χ0v) is 9.78. The molecule has 0 atom stereocenters. The average molecular weight is 241 g/mol. The Kier molecular flexibility index (Phi) is 2.56. The molecule has 1 N–H and O–H groups in total. The molecular formula is C11H11N7. The molecule has 0 spiro atoms. The van der Waals surface area contributed by atoms with E-state index < -0.39 is 0 Å². The van der Waals surface area contributed by atoms with Gasteiger partial charge in [-0.25, -0.2) is 0 Å². The van der Waals surface area contributed by atoms with E-state index in [1.54, 1.807) is 6.20 Å². The van der Waals surface area contributed by atoms with Crippen LogP contribution in [0.5, 0.6) is 0 Å². The van der Waals surface area contributed by atoms with Crippen molar-refractivity contribution in [3.8, 4) is 11.5 Å². The third kappa shape index (κ3) is 2.10. The van der Waals surface area contributed by atoms with Crippen molar-refractivity contribution in [1.82, 2.24) is 35.4 Å². The van der Waals surface area contributed by atoms with E-state index in [1.165, 1.54) is 4.80 Å². The smallest absolute Gasteiger partial charge is 0.223 e. The van der Waals surface area contributed by atoms with Gasteiger partial charge in [0.2, 0.25) is 5.82 Å². The summed E-state index contributed by atoms with van der Waals surface area (Å²) in [5.41, 5.74) is 2.59. The SMILES string of the molecule is Cc1cc(Cn2nnc(-c3ccccn3)n2)n[nH]1. The van der Waals surface area contributed by atoms with E-state index in [9.17, 15) is 0 Å². The van der Waals surface area contributed by atoms with Crippen molar-refractivity contribution in [3.05, 3.63) is 41.9 Å². The molecule has 0 bridgehead atoms. The number of tetrazole rings is 1. The first-order valence-electron chi connectivity index (χ1n) is 5.51. The molecule has 3 heterocycles. The predicted octanol–water partition coefficient (Wildman–Crippen LogP) is 0.815. The van der Waals surface area contributed by atoms with Crippen LogP contribution < -0.4 is 0 Å². The van der Waals surface area contributed by atoms with Crippen molar-refractivity contribution in [2.45, 2.75) is 13.5 Å². The van der Waals surface area contributed by atoms with Gasteiger partial charge in [-0.1, -0.05) is 6.07 Å². The van der Waals surface area contributed by atoms with Crippen molar-refractivity contribution in [1.29, 1.82) is 0 Å². The molecule has 0 aliphatic carbocycles. The van der Waals surface area contributed by atoms with Crippen LogP contribution in [0.15, 0.2) is 30.5 Å². The van der Waals surface area contributed by atoms with Gasteiger partial charge in [0.05, 0.1) is 5.69 Å². The van der Waals surface area contributed by atoms with E-state index in [0.717, 1.165) is 11.4 Å². The Hall–Kier alpha value is -2.57. The minimum Gasteiger partial charge on any atom is -0.283 e. The molecule has 0 aliphatic rings. The number of aryl methyl sites for hydroxylation is 1. The Balaban J connectivity index is 1.82. The number of H-pyrrole nitrogens is 1. The summed E-state index contributed by atoms with van der Waals surface area (Å²) in [7, 11) is 0. The first-order valence-corrected chi connectivity index (χ1v) is 5.51. The number of hydrogen-bond acceptors (Lipinski definition) is 5. The van der Waals surface area contributed by atoms with E-state index in [1.807, 2.05) is 31.2 Å². The molecule has 0 saturated carbocycles. The molecule has 0 unspecified atom stereocenters. The fourth-order valence-electron chi connectivity index (χ4n) is 1.61. The Labute approximate surface area is 103 Å². The molecule has 3 rings (SSSR count). The zero-order valence-electron chi connectivity index (χ0n) is 9.78. The maximum Gasteiger partial charge on any atom is 0.223 e. The lowest BCUT2D eigenvalue weighted by Crippen LogP contribution is -2.04. The highest BCUT2D eigenvalue weighted by Gasteiger charge is 2.07. The molecular weight excluding hydrogens is 230 g/mol. The normalized spacial score (nSPS) is 10.7. The molecule has 0 fully saturated rings. The van der Waals surface area contributed by atoms with Crippen molar-refractivity contribution in [2.24, 2.45) is 0 Å². The summed E-state index contributed by atoms with van der Waals surface area (Å²) in [5.74, 6) is 0.517. The molecule has 0 amide bonds. The second kappa shape index (κ2) is 4.36. The number of aromatic nitrogens is 7. The molecule has 7 heteroatoms. The molecule has 3 aromatic heterocycles. The van der Waals surface area contributed by atoms with Crippen molar-refractivity contribution in [3.63, 3.8) is 0 Å². The summed E-state index contributed by atoms with van der Waals surface area (Å²) >= 11 is 0. The van der Waals surface area contributed by atoms with Crippen LogP contribution >= 0.6 is 0 Å². The summed E-state index contributed by atoms with van der Waals surface area (Å²) in [6, 6.07) is 7.53. The van der Waals surface area contributed by atoms with Gasteiger partial charge in [-0.05, 0) is 30.3 Å². The number of nitrogens with zero attached hydrogens (tertiary/aromatic N) is 6. The van der Waals surface area contributed by atoms with E-state index in [2.05, 4.69) is 30.6 Å². The fraction of sp³-hybridized carbons (Fsp3) is 0.182. The minimum absolute atomic E-state index is 0.490. The molecule has 18 heavy (non-hydrogen) atoms. The number of nitrogens with one attached hydrogen (secondary N) is 1. The highest BCUT2D eigenvalue weighted by molar-refractivity contribution is 5.46. The topological polar surface area (TPSA) is 85.2 Å². The van der Waals surface area contributed by atoms with Gasteiger partial charge in [-0.3, -0.25) is 10.1 Å². The van der Waals surface area contributed by atoms with Gasteiger partial charge in [0.15, 0.2) is 0 Å². The molecule has 0 radical (unpaired) electrons. The van der Waals surface area contributed by atoms with Gasteiger partial charge in [-0.2, -0.15) is 9.90 Å². The molecule has 0 aromatic carbocycles. The number of rotatable bonds is 3. The Morgan fingerprint density at radius 1 is 1.33 bits per heavy atom.